The van der Waals surface area contributed by atoms with E-state index in [1.807, 2.05) is 31.3 Å². The van der Waals surface area contributed by atoms with Crippen molar-refractivity contribution in [3.05, 3.63) is 46.7 Å². The van der Waals surface area contributed by atoms with Crippen LogP contribution in [0, 0.1) is 0 Å². The largest absolute Gasteiger partial charge is 0.497 e. The Morgan fingerprint density at radius 1 is 1.23 bits per heavy atom. The van der Waals surface area contributed by atoms with Crippen molar-refractivity contribution in [2.75, 3.05) is 12.9 Å². The highest BCUT2D eigenvalue weighted by Crippen LogP contribution is 2.24. The molecule has 26 heavy (non-hydrogen) atoms. The predicted octanol–water partition coefficient (Wildman–Crippen LogP) is 2.60. The topological polar surface area (TPSA) is 86.1 Å². The number of hydrogen-bond donors (Lipinski definition) is 1. The second-order valence-corrected chi connectivity index (χ2v) is 7.13. The van der Waals surface area contributed by atoms with Crippen LogP contribution < -0.4 is 10.1 Å². The third-order valence-electron chi connectivity index (χ3n) is 3.51. The van der Waals surface area contributed by atoms with Crippen molar-refractivity contribution >= 4 is 34.9 Å². The summed E-state index contributed by atoms with van der Waals surface area (Å²) in [5.41, 5.74) is 0.893. The lowest BCUT2D eigenvalue weighted by Crippen LogP contribution is -2.31. The maximum atomic E-state index is 12.0. The molecule has 1 aromatic carbocycles. The van der Waals surface area contributed by atoms with Gasteiger partial charge in [0, 0.05) is 12.6 Å². The summed E-state index contributed by atoms with van der Waals surface area (Å²) in [5, 5.41) is 13.0. The molecule has 0 saturated carbocycles. The van der Waals surface area contributed by atoms with Crippen molar-refractivity contribution in [3.8, 4) is 17.1 Å². The fraction of sp³-hybridized carbons (Fsp3) is 0.176. The van der Waals surface area contributed by atoms with Gasteiger partial charge in [0.05, 0.1) is 17.7 Å². The number of hydrogen-bond acceptors (Lipinski definition) is 7. The minimum absolute atomic E-state index is 0.0751. The third-order valence-corrected chi connectivity index (χ3v) is 5.40. The Morgan fingerprint density at radius 3 is 2.65 bits per heavy atom. The number of thiophene rings is 1. The number of ether oxygens (including phenoxy) is 1. The molecule has 0 atom stereocenters. The quantitative estimate of drug-likeness (QED) is 0.653. The highest BCUT2D eigenvalue weighted by Gasteiger charge is 2.15. The van der Waals surface area contributed by atoms with E-state index in [9.17, 15) is 9.59 Å². The van der Waals surface area contributed by atoms with Crippen LogP contribution >= 0.6 is 23.1 Å². The molecule has 0 bridgehead atoms. The summed E-state index contributed by atoms with van der Waals surface area (Å²) in [6, 6.07) is 10.9. The van der Waals surface area contributed by atoms with E-state index in [0.717, 1.165) is 11.3 Å². The molecule has 0 saturated heterocycles. The Balaban J connectivity index is 1.61. The van der Waals surface area contributed by atoms with Crippen molar-refractivity contribution in [2.45, 2.75) is 5.16 Å². The third kappa shape index (κ3) is 4.12. The van der Waals surface area contributed by atoms with E-state index in [2.05, 4.69) is 15.5 Å². The van der Waals surface area contributed by atoms with Gasteiger partial charge in [0.15, 0.2) is 11.0 Å². The second kappa shape index (κ2) is 8.15. The van der Waals surface area contributed by atoms with E-state index in [1.54, 1.807) is 29.2 Å². The summed E-state index contributed by atoms with van der Waals surface area (Å²) in [6.07, 6.45) is 0. The SMILES string of the molecule is COc1ccc(-c2nnc(SCC(=O)NC(=O)c3cccs3)n2C)cc1. The standard InChI is InChI=1S/C17H16N4O3S2/c1-21-15(11-5-7-12(24-2)8-6-11)19-20-17(21)26-10-14(22)18-16(23)13-4-3-9-25-13/h3-9H,10H2,1-2H3,(H,18,22,23). The molecule has 2 amide bonds. The van der Waals surface area contributed by atoms with Gasteiger partial charge in [0.25, 0.3) is 5.91 Å². The van der Waals surface area contributed by atoms with Crippen LogP contribution in [0.4, 0.5) is 0 Å². The fourth-order valence-electron chi connectivity index (χ4n) is 2.19. The molecule has 3 rings (SSSR count). The van der Waals surface area contributed by atoms with Gasteiger partial charge in [-0.25, -0.2) is 0 Å². The van der Waals surface area contributed by atoms with Crippen molar-refractivity contribution < 1.29 is 14.3 Å². The molecule has 0 radical (unpaired) electrons. The Bertz CT molecular complexity index is 905. The highest BCUT2D eigenvalue weighted by atomic mass is 32.2. The lowest BCUT2D eigenvalue weighted by molar-refractivity contribution is -0.117. The molecule has 3 aromatic rings. The van der Waals surface area contributed by atoms with Gasteiger partial charge in [0.2, 0.25) is 5.91 Å². The maximum Gasteiger partial charge on any atom is 0.267 e. The number of benzene rings is 1. The van der Waals surface area contributed by atoms with Crippen LogP contribution in [0.25, 0.3) is 11.4 Å². The zero-order valence-corrected chi connectivity index (χ0v) is 15.8. The molecule has 2 heterocycles. The van der Waals surface area contributed by atoms with E-state index in [1.165, 1.54) is 23.1 Å². The van der Waals surface area contributed by atoms with Crippen LogP contribution in [0.5, 0.6) is 5.75 Å². The Morgan fingerprint density at radius 2 is 2.00 bits per heavy atom. The van der Waals surface area contributed by atoms with Gasteiger partial charge in [-0.1, -0.05) is 17.8 Å². The lowest BCUT2D eigenvalue weighted by Gasteiger charge is -2.05. The summed E-state index contributed by atoms with van der Waals surface area (Å²) in [4.78, 5) is 24.3. The Labute approximate surface area is 158 Å². The highest BCUT2D eigenvalue weighted by molar-refractivity contribution is 7.99. The van der Waals surface area contributed by atoms with Gasteiger partial charge in [-0.05, 0) is 35.7 Å². The zero-order valence-electron chi connectivity index (χ0n) is 14.1. The number of nitrogens with zero attached hydrogens (tertiary/aromatic N) is 3. The Kier molecular flexibility index (Phi) is 5.69. The van der Waals surface area contributed by atoms with Gasteiger partial charge >= 0.3 is 0 Å². The number of aromatic nitrogens is 3. The second-order valence-electron chi connectivity index (χ2n) is 5.24. The molecule has 0 fully saturated rings. The smallest absolute Gasteiger partial charge is 0.267 e. The lowest BCUT2D eigenvalue weighted by atomic mass is 10.2. The van der Waals surface area contributed by atoms with Gasteiger partial charge in [0.1, 0.15) is 5.75 Å². The zero-order chi connectivity index (χ0) is 18.5. The molecular formula is C17H16N4O3S2. The number of carbonyl (C=O) groups is 2. The Hall–Kier alpha value is -2.65. The van der Waals surface area contributed by atoms with Crippen LogP contribution in [0.1, 0.15) is 9.67 Å². The maximum absolute atomic E-state index is 12.0. The van der Waals surface area contributed by atoms with Crippen LogP contribution in [0.3, 0.4) is 0 Å². The van der Waals surface area contributed by atoms with Crippen LogP contribution in [0.15, 0.2) is 46.9 Å². The summed E-state index contributed by atoms with van der Waals surface area (Å²) in [7, 11) is 3.44. The molecule has 0 spiro atoms. The number of rotatable bonds is 6. The average molecular weight is 388 g/mol. The van der Waals surface area contributed by atoms with Crippen LogP contribution in [0.2, 0.25) is 0 Å². The molecule has 2 aromatic heterocycles. The van der Waals surface area contributed by atoms with Crippen molar-refractivity contribution in [1.29, 1.82) is 0 Å². The molecule has 7 nitrogen and oxygen atoms in total. The summed E-state index contributed by atoms with van der Waals surface area (Å²) in [6.45, 7) is 0. The molecule has 0 aliphatic rings. The fourth-order valence-corrected chi connectivity index (χ4v) is 3.52. The van der Waals surface area contributed by atoms with Crippen molar-refractivity contribution in [2.24, 2.45) is 7.05 Å². The van der Waals surface area contributed by atoms with Gasteiger partial charge in [-0.3, -0.25) is 14.9 Å². The summed E-state index contributed by atoms with van der Waals surface area (Å²) in [5.74, 6) is 0.763. The molecule has 134 valence electrons. The van der Waals surface area contributed by atoms with Crippen LogP contribution in [-0.4, -0.2) is 39.4 Å². The number of methoxy groups -OCH3 is 1. The number of nitrogens with one attached hydrogen (secondary N) is 1. The van der Waals surface area contributed by atoms with Crippen LogP contribution in [-0.2, 0) is 11.8 Å². The monoisotopic (exact) mass is 388 g/mol. The average Bonchev–Trinajstić information content (AvgIpc) is 3.30. The van der Waals surface area contributed by atoms with E-state index in [4.69, 9.17) is 4.74 Å². The predicted molar refractivity (Wildman–Crippen MR) is 101 cm³/mol. The first-order valence-electron chi connectivity index (χ1n) is 7.63. The van der Waals surface area contributed by atoms with Gasteiger partial charge in [-0.2, -0.15) is 0 Å². The minimum atomic E-state index is -0.387. The number of amides is 2. The van der Waals surface area contributed by atoms with E-state index >= 15 is 0 Å². The number of thioether (sulfide) groups is 1. The number of imide groups is 1. The van der Waals surface area contributed by atoms with E-state index in [-0.39, 0.29) is 17.6 Å². The first kappa shape index (κ1) is 18.2. The normalized spacial score (nSPS) is 10.5. The van der Waals surface area contributed by atoms with Crippen molar-refractivity contribution in [1.82, 2.24) is 20.1 Å². The first-order valence-corrected chi connectivity index (χ1v) is 9.49. The van der Waals surface area contributed by atoms with Gasteiger partial charge in [-0.15, -0.1) is 21.5 Å². The summed E-state index contributed by atoms with van der Waals surface area (Å²) < 4.78 is 6.95. The molecule has 1 N–H and O–H groups in total. The van der Waals surface area contributed by atoms with E-state index in [0.29, 0.717) is 15.9 Å². The van der Waals surface area contributed by atoms with Gasteiger partial charge < -0.3 is 9.30 Å². The molecule has 0 aliphatic heterocycles. The number of carbonyl (C=O) groups excluding carboxylic acids is 2. The molecule has 9 heteroatoms. The summed E-state index contributed by atoms with van der Waals surface area (Å²) >= 11 is 2.51. The minimum Gasteiger partial charge on any atom is -0.497 e. The molecule has 0 aliphatic carbocycles. The molecule has 0 unspecified atom stereocenters. The molecular weight excluding hydrogens is 372 g/mol. The first-order chi connectivity index (χ1) is 12.6. The van der Waals surface area contributed by atoms with E-state index < -0.39 is 0 Å². The van der Waals surface area contributed by atoms with Crippen molar-refractivity contribution in [3.63, 3.8) is 0 Å².